The van der Waals surface area contributed by atoms with Crippen molar-refractivity contribution in [3.05, 3.63) is 70.9 Å². The lowest BCUT2D eigenvalue weighted by molar-refractivity contribution is -0.124. The summed E-state index contributed by atoms with van der Waals surface area (Å²) in [5.41, 5.74) is 6.28. The Morgan fingerprint density at radius 1 is 1.09 bits per heavy atom. The highest BCUT2D eigenvalue weighted by molar-refractivity contribution is 5.89. The molecule has 3 heterocycles. The summed E-state index contributed by atoms with van der Waals surface area (Å²) >= 11 is 0. The zero-order chi connectivity index (χ0) is 24.3. The van der Waals surface area contributed by atoms with E-state index in [0.717, 1.165) is 51.9 Å². The molecule has 1 spiro atoms. The maximum atomic E-state index is 13.3. The van der Waals surface area contributed by atoms with Gasteiger partial charge in [-0.1, -0.05) is 68.1 Å². The number of amides is 1. The third-order valence-corrected chi connectivity index (χ3v) is 8.00. The molecular formula is C30H40N4O. The molecule has 186 valence electrons. The van der Waals surface area contributed by atoms with Gasteiger partial charge in [0.1, 0.15) is 0 Å². The number of nitrogens with zero attached hydrogens (tertiary/aromatic N) is 1. The number of piperidine rings is 1. The average molecular weight is 473 g/mol. The standard InChI is InChI=1S/C30H40N4O/c1-3-4-5-9-16-31-29(35)27-20-25-24-19-22(2)12-13-26(24)32-28(25)30(33-27)14-17-34(18-15-30)21-23-10-7-6-8-11-23/h6-8,10-13,19,27,32-33H,3-5,9,14-18,20-21H2,1-2H3,(H,31,35). The van der Waals surface area contributed by atoms with E-state index in [9.17, 15) is 4.79 Å². The number of aromatic amines is 1. The molecule has 1 unspecified atom stereocenters. The molecule has 0 aliphatic carbocycles. The molecule has 1 atom stereocenters. The number of aryl methyl sites for hydroxylation is 1. The van der Waals surface area contributed by atoms with Gasteiger partial charge in [-0.05, 0) is 55.9 Å². The van der Waals surface area contributed by atoms with Crippen molar-refractivity contribution in [2.75, 3.05) is 19.6 Å². The lowest BCUT2D eigenvalue weighted by Crippen LogP contribution is -2.61. The molecule has 1 fully saturated rings. The third kappa shape index (κ3) is 5.17. The normalized spacial score (nSPS) is 19.7. The second-order valence-corrected chi connectivity index (χ2v) is 10.6. The van der Waals surface area contributed by atoms with Crippen LogP contribution < -0.4 is 10.6 Å². The molecule has 0 saturated carbocycles. The fraction of sp³-hybridized carbons (Fsp3) is 0.500. The first-order valence-electron chi connectivity index (χ1n) is 13.5. The van der Waals surface area contributed by atoms with E-state index >= 15 is 0 Å². The van der Waals surface area contributed by atoms with Gasteiger partial charge in [0.15, 0.2) is 0 Å². The predicted octanol–water partition coefficient (Wildman–Crippen LogP) is 5.18. The highest BCUT2D eigenvalue weighted by Gasteiger charge is 2.45. The fourth-order valence-corrected chi connectivity index (χ4v) is 6.02. The van der Waals surface area contributed by atoms with E-state index in [0.29, 0.717) is 0 Å². The minimum absolute atomic E-state index is 0.153. The van der Waals surface area contributed by atoms with Crippen molar-refractivity contribution in [1.29, 1.82) is 0 Å². The molecule has 35 heavy (non-hydrogen) atoms. The SMILES string of the molecule is CCCCCCNC(=O)C1Cc2c([nH]c3ccc(C)cc23)C2(CCN(Cc3ccccc3)CC2)N1. The van der Waals surface area contributed by atoms with Crippen molar-refractivity contribution >= 4 is 16.8 Å². The van der Waals surface area contributed by atoms with Crippen LogP contribution in [0.3, 0.4) is 0 Å². The van der Waals surface area contributed by atoms with Gasteiger partial charge in [-0.3, -0.25) is 15.0 Å². The van der Waals surface area contributed by atoms with Gasteiger partial charge in [0.05, 0.1) is 11.6 Å². The summed E-state index contributed by atoms with van der Waals surface area (Å²) in [6.07, 6.45) is 7.43. The highest BCUT2D eigenvalue weighted by atomic mass is 16.2. The molecule has 5 heteroatoms. The van der Waals surface area contributed by atoms with Crippen LogP contribution in [0, 0.1) is 6.92 Å². The summed E-state index contributed by atoms with van der Waals surface area (Å²) in [5, 5.41) is 8.39. The number of carbonyl (C=O) groups excluding carboxylic acids is 1. The zero-order valence-electron chi connectivity index (χ0n) is 21.3. The molecule has 0 bridgehead atoms. The Balaban J connectivity index is 1.36. The number of rotatable bonds is 8. The van der Waals surface area contributed by atoms with Gasteiger partial charge in [0.2, 0.25) is 5.91 Å². The van der Waals surface area contributed by atoms with Gasteiger partial charge in [-0.15, -0.1) is 0 Å². The monoisotopic (exact) mass is 472 g/mol. The molecule has 0 radical (unpaired) electrons. The van der Waals surface area contributed by atoms with Gasteiger partial charge >= 0.3 is 0 Å². The van der Waals surface area contributed by atoms with Crippen molar-refractivity contribution < 1.29 is 4.79 Å². The minimum Gasteiger partial charge on any atom is -0.357 e. The summed E-state index contributed by atoms with van der Waals surface area (Å²) in [6, 6.07) is 17.2. The third-order valence-electron chi connectivity index (χ3n) is 8.00. The van der Waals surface area contributed by atoms with Crippen LogP contribution in [0.5, 0.6) is 0 Å². The van der Waals surface area contributed by atoms with E-state index in [4.69, 9.17) is 0 Å². The van der Waals surface area contributed by atoms with Gasteiger partial charge < -0.3 is 10.3 Å². The van der Waals surface area contributed by atoms with Gasteiger partial charge in [0, 0.05) is 42.8 Å². The molecule has 5 rings (SSSR count). The summed E-state index contributed by atoms with van der Waals surface area (Å²) in [6.45, 7) is 8.15. The van der Waals surface area contributed by atoms with Gasteiger partial charge in [0.25, 0.3) is 0 Å². The molecule has 3 N–H and O–H groups in total. The number of nitrogens with one attached hydrogen (secondary N) is 3. The number of fused-ring (bicyclic) bond motifs is 4. The van der Waals surface area contributed by atoms with Crippen LogP contribution in [0.4, 0.5) is 0 Å². The first kappa shape index (κ1) is 24.1. The number of H-pyrrole nitrogens is 1. The van der Waals surface area contributed by atoms with E-state index < -0.39 is 0 Å². The number of benzene rings is 2. The van der Waals surface area contributed by atoms with E-state index in [1.165, 1.54) is 52.5 Å². The maximum absolute atomic E-state index is 13.3. The molecule has 2 aliphatic rings. The van der Waals surface area contributed by atoms with Crippen molar-refractivity contribution in [3.8, 4) is 0 Å². The van der Waals surface area contributed by atoms with E-state index in [1.807, 2.05) is 0 Å². The van der Waals surface area contributed by atoms with Gasteiger partial charge in [-0.2, -0.15) is 0 Å². The number of hydrogen-bond donors (Lipinski definition) is 3. The predicted molar refractivity (Wildman–Crippen MR) is 143 cm³/mol. The van der Waals surface area contributed by atoms with Gasteiger partial charge in [-0.25, -0.2) is 0 Å². The van der Waals surface area contributed by atoms with Crippen molar-refractivity contribution in [1.82, 2.24) is 20.5 Å². The number of aromatic nitrogens is 1. The average Bonchev–Trinajstić information content (AvgIpc) is 3.24. The smallest absolute Gasteiger partial charge is 0.237 e. The quantitative estimate of drug-likeness (QED) is 0.396. The fourth-order valence-electron chi connectivity index (χ4n) is 6.02. The molecule has 2 aromatic carbocycles. The number of unbranched alkanes of at least 4 members (excludes halogenated alkanes) is 3. The Kier molecular flexibility index (Phi) is 7.26. The van der Waals surface area contributed by atoms with Crippen molar-refractivity contribution in [3.63, 3.8) is 0 Å². The van der Waals surface area contributed by atoms with Crippen LogP contribution in [-0.2, 0) is 23.3 Å². The molecule has 1 aromatic heterocycles. The second kappa shape index (κ2) is 10.5. The second-order valence-electron chi connectivity index (χ2n) is 10.6. The molecule has 5 nitrogen and oxygen atoms in total. The molecule has 1 saturated heterocycles. The summed E-state index contributed by atoms with van der Waals surface area (Å²) in [7, 11) is 0. The largest absolute Gasteiger partial charge is 0.357 e. The van der Waals surface area contributed by atoms with Crippen LogP contribution in [0.1, 0.15) is 67.8 Å². The number of hydrogen-bond acceptors (Lipinski definition) is 3. The number of carbonyl (C=O) groups is 1. The lowest BCUT2D eigenvalue weighted by Gasteiger charge is -2.47. The summed E-state index contributed by atoms with van der Waals surface area (Å²) < 4.78 is 0. The first-order valence-corrected chi connectivity index (χ1v) is 13.5. The Labute approximate surface area is 209 Å². The zero-order valence-corrected chi connectivity index (χ0v) is 21.3. The molecule has 1 amide bonds. The van der Waals surface area contributed by atoms with Crippen LogP contribution in [0.25, 0.3) is 10.9 Å². The van der Waals surface area contributed by atoms with E-state index in [2.05, 4.69) is 82.9 Å². The van der Waals surface area contributed by atoms with Crippen LogP contribution >= 0.6 is 0 Å². The molecule has 2 aliphatic heterocycles. The first-order chi connectivity index (χ1) is 17.1. The summed E-state index contributed by atoms with van der Waals surface area (Å²) in [4.78, 5) is 19.6. The van der Waals surface area contributed by atoms with Crippen LogP contribution in [0.15, 0.2) is 48.5 Å². The van der Waals surface area contributed by atoms with E-state index in [1.54, 1.807) is 0 Å². The highest BCUT2D eigenvalue weighted by Crippen LogP contribution is 2.42. The Hall–Kier alpha value is -2.63. The summed E-state index contributed by atoms with van der Waals surface area (Å²) in [5.74, 6) is 0.153. The van der Waals surface area contributed by atoms with Crippen LogP contribution in [0.2, 0.25) is 0 Å². The molecular weight excluding hydrogens is 432 g/mol. The maximum Gasteiger partial charge on any atom is 0.237 e. The Morgan fingerprint density at radius 2 is 1.89 bits per heavy atom. The molecule has 3 aromatic rings. The van der Waals surface area contributed by atoms with Crippen molar-refractivity contribution in [2.24, 2.45) is 0 Å². The Bertz CT molecular complexity index is 1140. The number of likely N-dealkylation sites (tertiary alicyclic amines) is 1. The van der Waals surface area contributed by atoms with Crippen molar-refractivity contribution in [2.45, 2.75) is 76.9 Å². The lowest BCUT2D eigenvalue weighted by atomic mass is 9.77. The Morgan fingerprint density at radius 3 is 2.66 bits per heavy atom. The van der Waals surface area contributed by atoms with Crippen LogP contribution in [-0.4, -0.2) is 41.5 Å². The van der Waals surface area contributed by atoms with E-state index in [-0.39, 0.29) is 17.5 Å². The topological polar surface area (TPSA) is 60.2 Å². The minimum atomic E-state index is -0.186.